The predicted molar refractivity (Wildman–Crippen MR) is 148 cm³/mol. The fourth-order valence-corrected chi connectivity index (χ4v) is 5.21. The van der Waals surface area contributed by atoms with Crippen LogP contribution >= 0.6 is 0 Å². The van der Waals surface area contributed by atoms with Crippen LogP contribution in [0.1, 0.15) is 60.5 Å². The standard InChI is InChI=1S/C29H40BN3O2/c1-27(2,3)20-23-18-21-19-25(12-13-26(21)31-23)33-16-14-32(15-17-33)24-10-8-22(9-11-24)30-34-28(4,5)29(6,7)35-30/h8-13,19H,14-18,20H2,1-7H3. The lowest BCUT2D eigenvalue weighted by Gasteiger charge is -2.37. The number of hydrogen-bond acceptors (Lipinski definition) is 5. The Bertz CT molecular complexity index is 1090. The van der Waals surface area contributed by atoms with E-state index in [4.69, 9.17) is 14.3 Å². The molecule has 0 N–H and O–H groups in total. The molecule has 3 aliphatic heterocycles. The fourth-order valence-electron chi connectivity index (χ4n) is 5.21. The molecule has 0 atom stereocenters. The number of fused-ring (bicyclic) bond motifs is 1. The third kappa shape index (κ3) is 5.01. The van der Waals surface area contributed by atoms with Crippen molar-refractivity contribution in [3.8, 4) is 0 Å². The molecule has 2 saturated heterocycles. The zero-order valence-electron chi connectivity index (χ0n) is 22.5. The first-order valence-electron chi connectivity index (χ1n) is 13.1. The maximum absolute atomic E-state index is 6.21. The van der Waals surface area contributed by atoms with Gasteiger partial charge in [-0.3, -0.25) is 4.99 Å². The van der Waals surface area contributed by atoms with Crippen molar-refractivity contribution in [2.75, 3.05) is 36.0 Å². The van der Waals surface area contributed by atoms with Gasteiger partial charge < -0.3 is 19.1 Å². The van der Waals surface area contributed by atoms with Gasteiger partial charge in [-0.2, -0.15) is 0 Å². The Hall–Kier alpha value is -2.31. The number of piperazine rings is 1. The van der Waals surface area contributed by atoms with Gasteiger partial charge in [0.25, 0.3) is 0 Å². The Labute approximate surface area is 211 Å². The van der Waals surface area contributed by atoms with Crippen LogP contribution < -0.4 is 15.3 Å². The van der Waals surface area contributed by atoms with Crippen LogP contribution in [0.2, 0.25) is 0 Å². The van der Waals surface area contributed by atoms with Crippen LogP contribution in [0.25, 0.3) is 0 Å². The smallest absolute Gasteiger partial charge is 0.399 e. The highest BCUT2D eigenvalue weighted by Gasteiger charge is 2.51. The van der Waals surface area contributed by atoms with Crippen LogP contribution in [0.5, 0.6) is 0 Å². The highest BCUT2D eigenvalue weighted by atomic mass is 16.7. The molecule has 0 spiro atoms. The summed E-state index contributed by atoms with van der Waals surface area (Å²) in [5.74, 6) is 0. The highest BCUT2D eigenvalue weighted by molar-refractivity contribution is 6.62. The van der Waals surface area contributed by atoms with Crippen LogP contribution in [0.3, 0.4) is 0 Å². The van der Waals surface area contributed by atoms with E-state index < -0.39 is 0 Å². The lowest BCUT2D eigenvalue weighted by molar-refractivity contribution is 0.00578. The van der Waals surface area contributed by atoms with Gasteiger partial charge in [0.15, 0.2) is 0 Å². The van der Waals surface area contributed by atoms with Gasteiger partial charge in [0.1, 0.15) is 0 Å². The van der Waals surface area contributed by atoms with Gasteiger partial charge in [-0.05, 0) is 80.9 Å². The van der Waals surface area contributed by atoms with Crippen molar-refractivity contribution in [1.29, 1.82) is 0 Å². The Kier molecular flexibility index (Phi) is 6.04. The number of aliphatic imine (C=N–C) groups is 1. The summed E-state index contributed by atoms with van der Waals surface area (Å²) < 4.78 is 12.4. The second-order valence-corrected chi connectivity index (χ2v) is 12.6. The zero-order valence-corrected chi connectivity index (χ0v) is 22.5. The molecule has 0 amide bonds. The molecule has 0 unspecified atom stereocenters. The Balaban J connectivity index is 1.18. The second-order valence-electron chi connectivity index (χ2n) is 12.6. The van der Waals surface area contributed by atoms with Crippen molar-refractivity contribution in [2.24, 2.45) is 10.4 Å². The zero-order chi connectivity index (χ0) is 25.0. The van der Waals surface area contributed by atoms with E-state index in [-0.39, 0.29) is 23.7 Å². The Morgan fingerprint density at radius 2 is 1.37 bits per heavy atom. The number of hydrogen-bond donors (Lipinski definition) is 0. The van der Waals surface area contributed by atoms with Crippen molar-refractivity contribution < 1.29 is 9.31 Å². The molecule has 2 aromatic carbocycles. The van der Waals surface area contributed by atoms with Crippen molar-refractivity contribution in [3.63, 3.8) is 0 Å². The molecule has 0 aliphatic carbocycles. The van der Waals surface area contributed by atoms with Crippen LogP contribution in [0.15, 0.2) is 47.5 Å². The molecule has 3 heterocycles. The topological polar surface area (TPSA) is 37.3 Å². The summed E-state index contributed by atoms with van der Waals surface area (Å²) in [7, 11) is -0.307. The first-order chi connectivity index (χ1) is 16.4. The average Bonchev–Trinajstić information content (AvgIpc) is 3.27. The lowest BCUT2D eigenvalue weighted by atomic mass is 9.79. The first kappa shape index (κ1) is 24.4. The molecule has 0 radical (unpaired) electrons. The van der Waals surface area contributed by atoms with Gasteiger partial charge in [0, 0.05) is 49.7 Å². The molecule has 0 saturated carbocycles. The SMILES string of the molecule is CC(C)(C)CC1=Nc2ccc(N3CCN(c4ccc(B5OC(C)(C)C(C)(C)O5)cc4)CC3)cc2C1. The molecule has 0 aromatic heterocycles. The lowest BCUT2D eigenvalue weighted by Crippen LogP contribution is -2.46. The molecule has 6 heteroatoms. The summed E-state index contributed by atoms with van der Waals surface area (Å²) in [6, 6.07) is 15.5. The van der Waals surface area contributed by atoms with E-state index in [9.17, 15) is 0 Å². The fraction of sp³-hybridized carbons (Fsp3) is 0.552. The largest absolute Gasteiger partial charge is 0.494 e. The summed E-state index contributed by atoms with van der Waals surface area (Å²) in [6.07, 6.45) is 2.05. The summed E-state index contributed by atoms with van der Waals surface area (Å²) in [4.78, 5) is 9.88. The molecule has 5 nitrogen and oxygen atoms in total. The predicted octanol–water partition coefficient (Wildman–Crippen LogP) is 5.38. The van der Waals surface area contributed by atoms with Gasteiger partial charge >= 0.3 is 7.12 Å². The normalized spacial score (nSPS) is 21.3. The van der Waals surface area contributed by atoms with Crippen LogP contribution in [-0.2, 0) is 15.7 Å². The maximum atomic E-state index is 6.21. The van der Waals surface area contributed by atoms with Gasteiger partial charge in [0.2, 0.25) is 0 Å². The number of anilines is 2. The molecule has 0 bridgehead atoms. The van der Waals surface area contributed by atoms with E-state index in [0.717, 1.165) is 50.2 Å². The number of nitrogens with zero attached hydrogens (tertiary/aromatic N) is 3. The van der Waals surface area contributed by atoms with Gasteiger partial charge in [-0.25, -0.2) is 0 Å². The van der Waals surface area contributed by atoms with Crippen molar-refractivity contribution in [2.45, 2.75) is 72.5 Å². The molecular formula is C29H40BN3O2. The van der Waals surface area contributed by atoms with E-state index in [1.807, 2.05) is 0 Å². The van der Waals surface area contributed by atoms with Crippen LogP contribution in [0, 0.1) is 5.41 Å². The quantitative estimate of drug-likeness (QED) is 0.559. The molecule has 2 fully saturated rings. The number of rotatable bonds is 4. The third-order valence-corrected chi connectivity index (χ3v) is 7.90. The monoisotopic (exact) mass is 473 g/mol. The van der Waals surface area contributed by atoms with Gasteiger partial charge in [-0.15, -0.1) is 0 Å². The van der Waals surface area contributed by atoms with Crippen LogP contribution in [0.4, 0.5) is 17.1 Å². The number of benzene rings is 2. The second kappa shape index (κ2) is 8.67. The van der Waals surface area contributed by atoms with Crippen molar-refractivity contribution >= 4 is 35.4 Å². The molecule has 5 rings (SSSR count). The summed E-state index contributed by atoms with van der Waals surface area (Å²) in [5.41, 5.74) is 7.18. The van der Waals surface area contributed by atoms with Gasteiger partial charge in [-0.1, -0.05) is 32.9 Å². The molecule has 3 aliphatic rings. The van der Waals surface area contributed by atoms with E-state index >= 15 is 0 Å². The molecule has 2 aromatic rings. The molecule has 35 heavy (non-hydrogen) atoms. The highest BCUT2D eigenvalue weighted by Crippen LogP contribution is 2.37. The third-order valence-electron chi connectivity index (χ3n) is 7.90. The Morgan fingerprint density at radius 1 is 0.829 bits per heavy atom. The summed E-state index contributed by atoms with van der Waals surface area (Å²) >= 11 is 0. The Morgan fingerprint density at radius 3 is 1.94 bits per heavy atom. The van der Waals surface area contributed by atoms with E-state index in [1.54, 1.807) is 0 Å². The van der Waals surface area contributed by atoms with Crippen LogP contribution in [-0.4, -0.2) is 50.2 Å². The van der Waals surface area contributed by atoms with Crippen molar-refractivity contribution in [3.05, 3.63) is 48.0 Å². The van der Waals surface area contributed by atoms with Crippen molar-refractivity contribution in [1.82, 2.24) is 0 Å². The average molecular weight is 473 g/mol. The van der Waals surface area contributed by atoms with E-state index in [0.29, 0.717) is 0 Å². The summed E-state index contributed by atoms with van der Waals surface area (Å²) in [5, 5.41) is 0. The first-order valence-corrected chi connectivity index (χ1v) is 13.1. The molecular weight excluding hydrogens is 433 g/mol. The molecule has 186 valence electrons. The maximum Gasteiger partial charge on any atom is 0.494 e. The minimum atomic E-state index is -0.315. The van der Waals surface area contributed by atoms with E-state index in [1.165, 1.54) is 22.6 Å². The van der Waals surface area contributed by atoms with Gasteiger partial charge in [0.05, 0.1) is 16.9 Å². The summed E-state index contributed by atoms with van der Waals surface area (Å²) in [6.45, 7) is 19.3. The minimum Gasteiger partial charge on any atom is -0.399 e. The minimum absolute atomic E-state index is 0.280. The van der Waals surface area contributed by atoms with E-state index in [2.05, 4.69) is 101 Å².